The van der Waals surface area contributed by atoms with Crippen LogP contribution in [-0.2, 0) is 0 Å². The van der Waals surface area contributed by atoms with Crippen molar-refractivity contribution in [3.8, 4) is 0 Å². The number of hydrogen-bond donors (Lipinski definition) is 0. The molecule has 0 spiro atoms. The summed E-state index contributed by atoms with van der Waals surface area (Å²) in [4.78, 5) is 12.8. The highest BCUT2D eigenvalue weighted by atomic mass is 19.1. The summed E-state index contributed by atoms with van der Waals surface area (Å²) in [7, 11) is 0. The molecular formula is C16H21FO. The maximum Gasteiger partial charge on any atom is 0.169 e. The van der Waals surface area contributed by atoms with Crippen molar-refractivity contribution < 1.29 is 9.18 Å². The zero-order valence-electron chi connectivity index (χ0n) is 11.5. The monoisotopic (exact) mass is 248 g/mol. The third kappa shape index (κ3) is 2.09. The highest BCUT2D eigenvalue weighted by molar-refractivity contribution is 6.03. The van der Waals surface area contributed by atoms with Gasteiger partial charge in [-0.2, -0.15) is 0 Å². The van der Waals surface area contributed by atoms with Crippen LogP contribution in [-0.4, -0.2) is 5.78 Å². The average molecular weight is 248 g/mol. The van der Waals surface area contributed by atoms with Crippen molar-refractivity contribution in [3.63, 3.8) is 0 Å². The Labute approximate surface area is 108 Å². The Morgan fingerprint density at radius 3 is 2.17 bits per heavy atom. The van der Waals surface area contributed by atoms with Gasteiger partial charge >= 0.3 is 0 Å². The highest BCUT2D eigenvalue weighted by Crippen LogP contribution is 2.44. The molecule has 0 saturated heterocycles. The Kier molecular flexibility index (Phi) is 3.56. The Hall–Kier alpha value is -1.18. The van der Waals surface area contributed by atoms with Gasteiger partial charge in [-0.25, -0.2) is 4.39 Å². The van der Waals surface area contributed by atoms with Crippen molar-refractivity contribution in [2.75, 3.05) is 0 Å². The van der Waals surface area contributed by atoms with E-state index < -0.39 is 0 Å². The van der Waals surface area contributed by atoms with Crippen LogP contribution in [0.1, 0.15) is 60.5 Å². The summed E-state index contributed by atoms with van der Waals surface area (Å²) < 4.78 is 13.3. The molecule has 0 unspecified atom stereocenters. The van der Waals surface area contributed by atoms with Crippen molar-refractivity contribution in [1.82, 2.24) is 0 Å². The molecule has 0 aliphatic heterocycles. The number of aryl methyl sites for hydroxylation is 2. The molecule has 2 rings (SSSR count). The van der Waals surface area contributed by atoms with Crippen LogP contribution in [0, 0.1) is 25.1 Å². The van der Waals surface area contributed by atoms with Crippen molar-refractivity contribution >= 4 is 5.78 Å². The van der Waals surface area contributed by atoms with Crippen molar-refractivity contribution in [2.24, 2.45) is 5.41 Å². The van der Waals surface area contributed by atoms with Crippen molar-refractivity contribution in [3.05, 3.63) is 34.6 Å². The number of halogens is 1. The van der Waals surface area contributed by atoms with E-state index in [1.54, 1.807) is 0 Å². The number of hydrogen-bond acceptors (Lipinski definition) is 1. The Morgan fingerprint density at radius 1 is 1.22 bits per heavy atom. The molecule has 0 radical (unpaired) electrons. The van der Waals surface area contributed by atoms with Crippen LogP contribution >= 0.6 is 0 Å². The van der Waals surface area contributed by atoms with Gasteiger partial charge in [0, 0.05) is 11.0 Å². The summed E-state index contributed by atoms with van der Waals surface area (Å²) in [6.07, 6.45) is 5.14. The molecule has 0 heterocycles. The van der Waals surface area contributed by atoms with E-state index in [-0.39, 0.29) is 17.0 Å². The van der Waals surface area contributed by atoms with Gasteiger partial charge in [-0.1, -0.05) is 19.8 Å². The van der Waals surface area contributed by atoms with Gasteiger partial charge in [0.25, 0.3) is 0 Å². The molecular weight excluding hydrogens is 227 g/mol. The van der Waals surface area contributed by atoms with Gasteiger partial charge in [-0.05, 0) is 56.4 Å². The molecule has 1 nitrogen and oxygen atoms in total. The Balaban J connectivity index is 2.46. The predicted octanol–water partition coefficient (Wildman–Crippen LogP) is 4.60. The minimum atomic E-state index is -0.251. The minimum Gasteiger partial charge on any atom is -0.294 e. The summed E-state index contributed by atoms with van der Waals surface area (Å²) >= 11 is 0. The van der Waals surface area contributed by atoms with E-state index >= 15 is 0 Å². The molecule has 18 heavy (non-hydrogen) atoms. The lowest BCUT2D eigenvalue weighted by Crippen LogP contribution is -2.28. The molecule has 1 saturated carbocycles. The van der Waals surface area contributed by atoms with Crippen LogP contribution in [0.25, 0.3) is 0 Å². The maximum absolute atomic E-state index is 13.3. The molecule has 0 N–H and O–H groups in total. The summed E-state index contributed by atoms with van der Waals surface area (Å²) in [5.41, 5.74) is 2.11. The van der Waals surface area contributed by atoms with Crippen LogP contribution < -0.4 is 0 Å². The fourth-order valence-corrected chi connectivity index (χ4v) is 3.33. The molecule has 1 aromatic rings. The number of rotatable bonds is 3. The smallest absolute Gasteiger partial charge is 0.169 e. The predicted molar refractivity (Wildman–Crippen MR) is 71.4 cm³/mol. The fraction of sp³-hybridized carbons (Fsp3) is 0.562. The maximum atomic E-state index is 13.3. The summed E-state index contributed by atoms with van der Waals surface area (Å²) in [6, 6.07) is 2.94. The standard InChI is InChI=1S/C16H21FO/c1-4-16(7-5-6-8-16)15(18)14-11(2)9-13(17)10-12(14)3/h9-10H,4-8H2,1-3H3. The minimum absolute atomic E-state index is 0.187. The highest BCUT2D eigenvalue weighted by Gasteiger charge is 2.40. The van der Waals surface area contributed by atoms with Crippen molar-refractivity contribution in [1.29, 1.82) is 0 Å². The first-order valence-corrected chi connectivity index (χ1v) is 6.82. The van der Waals surface area contributed by atoms with E-state index in [4.69, 9.17) is 0 Å². The number of Topliss-reactive ketones (excluding diaryl/α,β-unsaturated/α-hetero) is 1. The van der Waals surface area contributed by atoms with Crippen LogP contribution in [0.5, 0.6) is 0 Å². The van der Waals surface area contributed by atoms with Crippen LogP contribution in [0.2, 0.25) is 0 Å². The van der Waals surface area contributed by atoms with Gasteiger partial charge in [-0.15, -0.1) is 0 Å². The molecule has 1 aliphatic rings. The molecule has 0 amide bonds. The Morgan fingerprint density at radius 2 is 1.72 bits per heavy atom. The second kappa shape index (κ2) is 4.83. The number of ketones is 1. The molecule has 1 aromatic carbocycles. The third-order valence-corrected chi connectivity index (χ3v) is 4.44. The van der Waals surface area contributed by atoms with Gasteiger partial charge in [-0.3, -0.25) is 4.79 Å². The van der Waals surface area contributed by atoms with E-state index in [0.29, 0.717) is 0 Å². The molecule has 0 atom stereocenters. The molecule has 1 aliphatic carbocycles. The van der Waals surface area contributed by atoms with Gasteiger partial charge in [0.1, 0.15) is 5.82 Å². The number of benzene rings is 1. The first-order chi connectivity index (χ1) is 8.50. The van der Waals surface area contributed by atoms with Gasteiger partial charge in [0.15, 0.2) is 5.78 Å². The zero-order chi connectivity index (χ0) is 13.3. The lowest BCUT2D eigenvalue weighted by Gasteiger charge is -2.27. The molecule has 98 valence electrons. The lowest BCUT2D eigenvalue weighted by atomic mass is 9.75. The van der Waals surface area contributed by atoms with E-state index in [0.717, 1.165) is 48.8 Å². The molecule has 2 heteroatoms. The first kappa shape index (κ1) is 13.3. The quantitative estimate of drug-likeness (QED) is 0.715. The number of carbonyl (C=O) groups is 1. The summed E-state index contributed by atoms with van der Waals surface area (Å²) in [6.45, 7) is 5.76. The van der Waals surface area contributed by atoms with Crippen LogP contribution in [0.3, 0.4) is 0 Å². The summed E-state index contributed by atoms with van der Waals surface area (Å²) in [5.74, 6) is -0.0176. The van der Waals surface area contributed by atoms with Gasteiger partial charge in [0.2, 0.25) is 0 Å². The molecule has 0 bridgehead atoms. The number of carbonyl (C=O) groups excluding carboxylic acids is 1. The van der Waals surface area contributed by atoms with E-state index in [9.17, 15) is 9.18 Å². The summed E-state index contributed by atoms with van der Waals surface area (Å²) in [5, 5.41) is 0. The topological polar surface area (TPSA) is 17.1 Å². The third-order valence-electron chi connectivity index (χ3n) is 4.44. The SMILES string of the molecule is CCC1(C(=O)c2c(C)cc(F)cc2C)CCCC1. The van der Waals surface area contributed by atoms with Crippen LogP contribution in [0.15, 0.2) is 12.1 Å². The zero-order valence-corrected chi connectivity index (χ0v) is 11.5. The van der Waals surface area contributed by atoms with E-state index in [2.05, 4.69) is 6.92 Å². The fourth-order valence-electron chi connectivity index (χ4n) is 3.33. The van der Waals surface area contributed by atoms with Gasteiger partial charge in [0.05, 0.1) is 0 Å². The van der Waals surface area contributed by atoms with E-state index in [1.807, 2.05) is 13.8 Å². The normalized spacial score (nSPS) is 18.0. The molecule has 0 aromatic heterocycles. The second-order valence-electron chi connectivity index (χ2n) is 5.58. The lowest BCUT2D eigenvalue weighted by molar-refractivity contribution is 0.0790. The molecule has 1 fully saturated rings. The van der Waals surface area contributed by atoms with Crippen molar-refractivity contribution in [2.45, 2.75) is 52.9 Å². The largest absolute Gasteiger partial charge is 0.294 e. The van der Waals surface area contributed by atoms with Gasteiger partial charge < -0.3 is 0 Å². The first-order valence-electron chi connectivity index (χ1n) is 6.82. The van der Waals surface area contributed by atoms with E-state index in [1.165, 1.54) is 12.1 Å². The Bertz CT molecular complexity index is 447. The average Bonchev–Trinajstić information content (AvgIpc) is 2.77. The van der Waals surface area contributed by atoms with Crippen LogP contribution in [0.4, 0.5) is 4.39 Å². The second-order valence-corrected chi connectivity index (χ2v) is 5.58.